The van der Waals surface area contributed by atoms with Gasteiger partial charge in [0.15, 0.2) is 11.5 Å². The summed E-state index contributed by atoms with van der Waals surface area (Å²) < 4.78 is 13.2. The predicted molar refractivity (Wildman–Crippen MR) is 131 cm³/mol. The average Bonchev–Trinajstić information content (AvgIpc) is 3.50. The van der Waals surface area contributed by atoms with E-state index in [4.69, 9.17) is 9.47 Å². The Hall–Kier alpha value is -2.45. The van der Waals surface area contributed by atoms with Crippen LogP contribution in [-0.4, -0.2) is 29.6 Å². The molecular formula is C25H22Br2N2O4. The van der Waals surface area contributed by atoms with Gasteiger partial charge < -0.3 is 9.47 Å². The Morgan fingerprint density at radius 2 is 1.70 bits per heavy atom. The summed E-state index contributed by atoms with van der Waals surface area (Å²) in [6.07, 6.45) is 6.55. The summed E-state index contributed by atoms with van der Waals surface area (Å²) in [7, 11) is 0. The highest BCUT2D eigenvalue weighted by atomic mass is 79.9. The van der Waals surface area contributed by atoms with Crippen LogP contribution in [-0.2, 0) is 16.2 Å². The smallest absolute Gasteiger partial charge is 0.254 e. The molecule has 0 N–H and O–H groups in total. The summed E-state index contributed by atoms with van der Waals surface area (Å²) in [6.45, 7) is 2.73. The van der Waals surface area contributed by atoms with Crippen LogP contribution in [0, 0.1) is 23.7 Å². The van der Waals surface area contributed by atoms with Gasteiger partial charge in [-0.15, -0.1) is 0 Å². The zero-order valence-corrected chi connectivity index (χ0v) is 21.1. The van der Waals surface area contributed by atoms with E-state index in [1.54, 1.807) is 6.07 Å². The van der Waals surface area contributed by atoms with E-state index in [1.807, 2.05) is 37.3 Å². The highest BCUT2D eigenvalue weighted by Gasteiger charge is 2.59. The molecule has 0 aromatic heterocycles. The summed E-state index contributed by atoms with van der Waals surface area (Å²) in [5.74, 6) is 0.465. The van der Waals surface area contributed by atoms with E-state index in [9.17, 15) is 9.59 Å². The Kier molecular flexibility index (Phi) is 6.14. The Labute approximate surface area is 208 Å². The number of hydrazone groups is 1. The number of allylic oxidation sites excluding steroid dienone is 2. The molecule has 3 aliphatic rings. The maximum atomic E-state index is 12.9. The van der Waals surface area contributed by atoms with Crippen molar-refractivity contribution in [2.75, 3.05) is 6.61 Å². The van der Waals surface area contributed by atoms with Crippen LogP contribution >= 0.6 is 31.9 Å². The third-order valence-electron chi connectivity index (χ3n) is 6.44. The molecule has 2 aromatic rings. The van der Waals surface area contributed by atoms with Crippen molar-refractivity contribution in [3.05, 3.63) is 68.6 Å². The maximum absolute atomic E-state index is 12.9. The summed E-state index contributed by atoms with van der Waals surface area (Å²) in [5.41, 5.74) is 1.70. The SMILES string of the molecule is CCOc1cc(C=NN2C(=O)[C@@H]3[C@H](C2=O)[C@H]2C=C[C@H]3C2)c(Br)c(Br)c1OCc1ccccc1. The molecule has 6 nitrogen and oxygen atoms in total. The maximum Gasteiger partial charge on any atom is 0.254 e. The van der Waals surface area contributed by atoms with Crippen LogP contribution < -0.4 is 9.47 Å². The molecule has 2 fully saturated rings. The van der Waals surface area contributed by atoms with Gasteiger partial charge in [0.1, 0.15) is 6.61 Å². The highest BCUT2D eigenvalue weighted by molar-refractivity contribution is 9.13. The number of imide groups is 1. The Morgan fingerprint density at radius 1 is 1.03 bits per heavy atom. The van der Waals surface area contributed by atoms with Crippen LogP contribution in [0.25, 0.3) is 0 Å². The number of carbonyl (C=O) groups excluding carboxylic acids is 2. The molecular weight excluding hydrogens is 552 g/mol. The normalized spacial score (nSPS) is 25.4. The predicted octanol–water partition coefficient (Wildman–Crippen LogP) is 5.33. The van der Waals surface area contributed by atoms with E-state index in [0.717, 1.165) is 17.0 Å². The topological polar surface area (TPSA) is 68.2 Å². The number of rotatable bonds is 7. The van der Waals surface area contributed by atoms with Crippen molar-refractivity contribution >= 4 is 49.9 Å². The number of hydrogen-bond acceptors (Lipinski definition) is 5. The molecule has 5 rings (SSSR count). The second-order valence-electron chi connectivity index (χ2n) is 8.36. The van der Waals surface area contributed by atoms with E-state index in [1.165, 1.54) is 6.21 Å². The van der Waals surface area contributed by atoms with E-state index in [-0.39, 0.29) is 35.5 Å². The molecule has 1 aliphatic heterocycles. The van der Waals surface area contributed by atoms with Crippen molar-refractivity contribution < 1.29 is 19.1 Å². The first-order valence-electron chi connectivity index (χ1n) is 10.9. The van der Waals surface area contributed by atoms with Gasteiger partial charge in [-0.2, -0.15) is 10.1 Å². The molecule has 1 heterocycles. The van der Waals surface area contributed by atoms with Crippen LogP contribution in [0.3, 0.4) is 0 Å². The summed E-state index contributed by atoms with van der Waals surface area (Å²) in [6, 6.07) is 11.7. The first kappa shape index (κ1) is 22.3. The molecule has 2 bridgehead atoms. The monoisotopic (exact) mass is 572 g/mol. The Morgan fingerprint density at radius 3 is 2.33 bits per heavy atom. The minimum atomic E-state index is -0.271. The third-order valence-corrected chi connectivity index (χ3v) is 8.58. The number of hydrogen-bond donors (Lipinski definition) is 0. The van der Waals surface area contributed by atoms with E-state index < -0.39 is 0 Å². The zero-order chi connectivity index (χ0) is 23.1. The standard InChI is InChI=1S/C25H22Br2N2O4/c1-2-32-18-11-17(21(26)22(27)23(18)33-13-14-6-4-3-5-7-14)12-28-29-24(30)19-15-8-9-16(10-15)20(19)25(29)31/h3-9,11-12,15-16,19-20H,2,10,13H2,1H3/t15-,16-,19-,20+/m0/s1. The third kappa shape index (κ3) is 3.93. The largest absolute Gasteiger partial charge is 0.490 e. The lowest BCUT2D eigenvalue weighted by Crippen LogP contribution is -2.28. The molecule has 1 saturated heterocycles. The van der Waals surface area contributed by atoms with Crippen molar-refractivity contribution in [2.45, 2.75) is 20.0 Å². The van der Waals surface area contributed by atoms with Crippen molar-refractivity contribution in [1.82, 2.24) is 5.01 Å². The fourth-order valence-corrected chi connectivity index (χ4v) is 5.88. The molecule has 8 heteroatoms. The molecule has 2 amide bonds. The number of benzene rings is 2. The van der Waals surface area contributed by atoms with Gasteiger partial charge in [0.2, 0.25) is 0 Å². The van der Waals surface area contributed by atoms with Gasteiger partial charge in [0.05, 0.1) is 29.1 Å². The Balaban J connectivity index is 1.40. The van der Waals surface area contributed by atoms with E-state index in [2.05, 4.69) is 49.1 Å². The van der Waals surface area contributed by atoms with Gasteiger partial charge in [-0.1, -0.05) is 42.5 Å². The molecule has 33 heavy (non-hydrogen) atoms. The molecule has 0 spiro atoms. The van der Waals surface area contributed by atoms with E-state index >= 15 is 0 Å². The van der Waals surface area contributed by atoms with Gasteiger partial charge in [-0.25, -0.2) is 0 Å². The molecule has 0 radical (unpaired) electrons. The molecule has 0 unspecified atom stereocenters. The summed E-state index contributed by atoms with van der Waals surface area (Å²) in [5, 5.41) is 5.34. The van der Waals surface area contributed by atoms with Crippen molar-refractivity contribution in [3.63, 3.8) is 0 Å². The summed E-state index contributed by atoms with van der Waals surface area (Å²) in [4.78, 5) is 25.8. The quantitative estimate of drug-likeness (QED) is 0.255. The molecule has 2 aromatic carbocycles. The second-order valence-corrected chi connectivity index (χ2v) is 9.95. The fraction of sp³-hybridized carbons (Fsp3) is 0.320. The minimum Gasteiger partial charge on any atom is -0.490 e. The highest BCUT2D eigenvalue weighted by Crippen LogP contribution is 2.52. The van der Waals surface area contributed by atoms with Crippen LogP contribution in [0.1, 0.15) is 24.5 Å². The lowest BCUT2D eigenvalue weighted by molar-refractivity contribution is -0.140. The van der Waals surface area contributed by atoms with Crippen LogP contribution in [0.15, 0.2) is 62.6 Å². The molecule has 2 aliphatic carbocycles. The van der Waals surface area contributed by atoms with Gasteiger partial charge in [-0.3, -0.25) is 9.59 Å². The van der Waals surface area contributed by atoms with Crippen LogP contribution in [0.4, 0.5) is 0 Å². The number of carbonyl (C=O) groups is 2. The molecule has 4 atom stereocenters. The minimum absolute atomic E-state index is 0.156. The van der Waals surface area contributed by atoms with Gasteiger partial charge in [0, 0.05) is 10.0 Å². The number of halogens is 2. The first-order chi connectivity index (χ1) is 16.0. The van der Waals surface area contributed by atoms with Crippen molar-refractivity contribution in [1.29, 1.82) is 0 Å². The molecule has 1 saturated carbocycles. The van der Waals surface area contributed by atoms with Crippen molar-refractivity contribution in [3.8, 4) is 11.5 Å². The van der Waals surface area contributed by atoms with E-state index in [0.29, 0.717) is 39.2 Å². The lowest BCUT2D eigenvalue weighted by atomic mass is 9.85. The lowest BCUT2D eigenvalue weighted by Gasteiger charge is -2.17. The number of amides is 2. The van der Waals surface area contributed by atoms with Crippen molar-refractivity contribution in [2.24, 2.45) is 28.8 Å². The Bertz CT molecular complexity index is 1130. The first-order valence-corrected chi connectivity index (χ1v) is 12.5. The van der Waals surface area contributed by atoms with Gasteiger partial charge in [0.25, 0.3) is 11.8 Å². The van der Waals surface area contributed by atoms with Gasteiger partial charge in [-0.05, 0) is 68.7 Å². The van der Waals surface area contributed by atoms with Crippen LogP contribution in [0.2, 0.25) is 0 Å². The molecule has 170 valence electrons. The van der Waals surface area contributed by atoms with Crippen LogP contribution in [0.5, 0.6) is 11.5 Å². The summed E-state index contributed by atoms with van der Waals surface area (Å²) >= 11 is 7.18. The average molecular weight is 574 g/mol. The number of ether oxygens (including phenoxy) is 2. The zero-order valence-electron chi connectivity index (χ0n) is 17.9. The fourth-order valence-electron chi connectivity index (χ4n) is 4.95. The number of fused-ring (bicyclic) bond motifs is 5. The van der Waals surface area contributed by atoms with Gasteiger partial charge >= 0.3 is 0 Å². The number of nitrogens with zero attached hydrogens (tertiary/aromatic N) is 2. The second kappa shape index (κ2) is 9.06.